The predicted octanol–water partition coefficient (Wildman–Crippen LogP) is 4.18. The molecule has 3 rings (SSSR count). The van der Waals surface area contributed by atoms with E-state index >= 15 is 0 Å². The summed E-state index contributed by atoms with van der Waals surface area (Å²) in [6.45, 7) is 2.21. The van der Waals surface area contributed by atoms with Gasteiger partial charge in [-0.2, -0.15) is 0 Å². The van der Waals surface area contributed by atoms with Crippen LogP contribution in [0.15, 0.2) is 23.4 Å². The molecule has 1 aliphatic carbocycles. The van der Waals surface area contributed by atoms with Crippen LogP contribution in [0.5, 0.6) is 0 Å². The lowest BCUT2D eigenvalue weighted by Gasteiger charge is -2.08. The minimum absolute atomic E-state index is 0.0611. The van der Waals surface area contributed by atoms with Gasteiger partial charge in [-0.15, -0.1) is 0 Å². The van der Waals surface area contributed by atoms with Gasteiger partial charge in [-0.3, -0.25) is 4.79 Å². The van der Waals surface area contributed by atoms with Gasteiger partial charge < -0.3 is 9.67 Å². The lowest BCUT2D eigenvalue weighted by molar-refractivity contribution is -0.133. The van der Waals surface area contributed by atoms with E-state index in [2.05, 4.69) is 57.3 Å². The quantitative estimate of drug-likeness (QED) is 0.567. The van der Waals surface area contributed by atoms with Crippen molar-refractivity contribution < 1.29 is 9.90 Å². The molecule has 0 aliphatic heterocycles. The number of carboxylic acid groups (broad SMARTS) is 1. The number of aliphatic carboxylic acids is 1. The molecule has 0 saturated heterocycles. The van der Waals surface area contributed by atoms with Crippen LogP contribution < -0.4 is 0 Å². The Morgan fingerprint density at radius 3 is 3.10 bits per heavy atom. The average molecular weight is 416 g/mol. The smallest absolute Gasteiger partial charge is 0.313 e. The van der Waals surface area contributed by atoms with Crippen molar-refractivity contribution in [3.05, 3.63) is 21.8 Å². The topological polar surface area (TPSA) is 55.1 Å². The number of rotatable bonds is 6. The van der Waals surface area contributed by atoms with Crippen molar-refractivity contribution >= 4 is 51.4 Å². The van der Waals surface area contributed by atoms with Crippen LogP contribution >= 0.6 is 34.4 Å². The molecule has 1 aromatic heterocycles. The van der Waals surface area contributed by atoms with E-state index in [0.29, 0.717) is 6.04 Å². The van der Waals surface area contributed by atoms with Gasteiger partial charge in [-0.1, -0.05) is 25.1 Å². The van der Waals surface area contributed by atoms with Crippen LogP contribution in [0.25, 0.3) is 11.0 Å². The van der Waals surface area contributed by atoms with Crippen LogP contribution in [0.1, 0.15) is 32.2 Å². The van der Waals surface area contributed by atoms with E-state index in [1.165, 1.54) is 31.0 Å². The van der Waals surface area contributed by atoms with E-state index in [4.69, 9.17) is 5.11 Å². The molecule has 1 aliphatic rings. The van der Waals surface area contributed by atoms with Crippen LogP contribution in [0.2, 0.25) is 0 Å². The van der Waals surface area contributed by atoms with Gasteiger partial charge >= 0.3 is 5.97 Å². The molecule has 112 valence electrons. The highest BCUT2D eigenvalue weighted by Gasteiger charge is 2.39. The zero-order valence-electron chi connectivity index (χ0n) is 11.8. The summed E-state index contributed by atoms with van der Waals surface area (Å²) in [5.41, 5.74) is 2.10. The number of thioether (sulfide) groups is 1. The monoisotopic (exact) mass is 416 g/mol. The summed E-state index contributed by atoms with van der Waals surface area (Å²) < 4.78 is 3.42. The summed E-state index contributed by atoms with van der Waals surface area (Å²) in [5, 5.41) is 9.76. The Morgan fingerprint density at radius 1 is 1.57 bits per heavy atom. The van der Waals surface area contributed by atoms with Gasteiger partial charge in [0.25, 0.3) is 0 Å². The molecule has 0 radical (unpaired) electrons. The summed E-state index contributed by atoms with van der Waals surface area (Å²) in [4.78, 5) is 15.5. The highest BCUT2D eigenvalue weighted by atomic mass is 127. The predicted molar refractivity (Wildman–Crippen MR) is 92.9 cm³/mol. The van der Waals surface area contributed by atoms with Crippen LogP contribution in [-0.4, -0.2) is 26.4 Å². The minimum Gasteiger partial charge on any atom is -0.481 e. The molecule has 1 aromatic carbocycles. The molecule has 0 bridgehead atoms. The lowest BCUT2D eigenvalue weighted by Crippen LogP contribution is -2.03. The molecular formula is C15H17IN2O2S. The number of aromatic nitrogens is 2. The van der Waals surface area contributed by atoms with E-state index in [-0.39, 0.29) is 5.75 Å². The summed E-state index contributed by atoms with van der Waals surface area (Å²) in [5.74, 6) is -0.0177. The number of benzene rings is 1. The second-order valence-corrected chi connectivity index (χ2v) is 7.62. The molecular weight excluding hydrogens is 399 g/mol. The highest BCUT2D eigenvalue weighted by molar-refractivity contribution is 14.1. The molecule has 1 fully saturated rings. The fourth-order valence-electron chi connectivity index (χ4n) is 2.83. The van der Waals surface area contributed by atoms with Crippen molar-refractivity contribution in [2.75, 3.05) is 5.75 Å². The molecule has 1 heterocycles. The molecule has 2 aromatic rings. The van der Waals surface area contributed by atoms with Crippen LogP contribution in [-0.2, 0) is 4.79 Å². The van der Waals surface area contributed by atoms with Gasteiger partial charge in [0.2, 0.25) is 0 Å². The molecule has 6 heteroatoms. The van der Waals surface area contributed by atoms with E-state index in [9.17, 15) is 4.79 Å². The summed E-state index contributed by atoms with van der Waals surface area (Å²) in [6, 6.07) is 6.75. The van der Waals surface area contributed by atoms with Gasteiger partial charge in [0.1, 0.15) is 0 Å². The fourth-order valence-corrected chi connectivity index (χ4v) is 4.09. The SMILES string of the molecule is CCCC1CC1n1c(SCC(=O)O)nc2cc(I)ccc21. The summed E-state index contributed by atoms with van der Waals surface area (Å²) in [7, 11) is 0. The Labute approximate surface area is 141 Å². The second kappa shape index (κ2) is 6.16. The van der Waals surface area contributed by atoms with Crippen molar-refractivity contribution in [2.45, 2.75) is 37.4 Å². The number of carboxylic acids is 1. The summed E-state index contributed by atoms with van der Waals surface area (Å²) in [6.07, 6.45) is 3.62. The third-order valence-corrected chi connectivity index (χ3v) is 5.43. The first kappa shape index (κ1) is 15.1. The van der Waals surface area contributed by atoms with E-state index in [1.807, 2.05) is 0 Å². The highest BCUT2D eigenvalue weighted by Crippen LogP contribution is 2.49. The van der Waals surface area contributed by atoms with Crippen molar-refractivity contribution in [3.63, 3.8) is 0 Å². The number of hydrogen-bond donors (Lipinski definition) is 1. The molecule has 1 saturated carbocycles. The van der Waals surface area contributed by atoms with Gasteiger partial charge in [-0.05, 0) is 59.5 Å². The minimum atomic E-state index is -0.797. The summed E-state index contributed by atoms with van der Waals surface area (Å²) >= 11 is 3.61. The first-order valence-electron chi connectivity index (χ1n) is 7.12. The van der Waals surface area contributed by atoms with E-state index in [0.717, 1.165) is 25.7 Å². The van der Waals surface area contributed by atoms with Crippen LogP contribution in [0.4, 0.5) is 0 Å². The molecule has 1 N–H and O–H groups in total. The zero-order chi connectivity index (χ0) is 15.0. The van der Waals surface area contributed by atoms with Crippen LogP contribution in [0, 0.1) is 9.49 Å². The maximum atomic E-state index is 10.8. The third-order valence-electron chi connectivity index (χ3n) is 3.82. The maximum absolute atomic E-state index is 10.8. The van der Waals surface area contributed by atoms with Crippen LogP contribution in [0.3, 0.4) is 0 Å². The number of fused-ring (bicyclic) bond motifs is 1. The Balaban J connectivity index is 1.97. The lowest BCUT2D eigenvalue weighted by atomic mass is 10.2. The van der Waals surface area contributed by atoms with Crippen molar-refractivity contribution in [1.29, 1.82) is 0 Å². The van der Waals surface area contributed by atoms with Crippen molar-refractivity contribution in [2.24, 2.45) is 5.92 Å². The van der Waals surface area contributed by atoms with Gasteiger partial charge in [0, 0.05) is 9.61 Å². The number of imidazole rings is 1. The standard InChI is InChI=1S/C15H17IN2O2S/c1-2-3-9-6-13(9)18-12-5-4-10(16)7-11(12)17-15(18)21-8-14(19)20/h4-5,7,9,13H,2-3,6,8H2,1H3,(H,19,20). The molecule has 21 heavy (non-hydrogen) atoms. The fraction of sp³-hybridized carbons (Fsp3) is 0.467. The molecule has 2 unspecified atom stereocenters. The number of carbonyl (C=O) groups is 1. The first-order valence-corrected chi connectivity index (χ1v) is 9.18. The normalized spacial score (nSPS) is 20.9. The van der Waals surface area contributed by atoms with Crippen molar-refractivity contribution in [1.82, 2.24) is 9.55 Å². The average Bonchev–Trinajstić information content (AvgIpc) is 3.08. The van der Waals surface area contributed by atoms with Crippen molar-refractivity contribution in [3.8, 4) is 0 Å². The Kier molecular flexibility index (Phi) is 4.44. The third kappa shape index (κ3) is 3.21. The van der Waals surface area contributed by atoms with E-state index in [1.54, 1.807) is 0 Å². The second-order valence-electron chi connectivity index (χ2n) is 5.43. The number of nitrogens with zero attached hydrogens (tertiary/aromatic N) is 2. The Hall–Kier alpha value is -0.760. The van der Waals surface area contributed by atoms with Gasteiger partial charge in [-0.25, -0.2) is 4.98 Å². The number of halogens is 1. The Bertz CT molecular complexity index is 686. The Morgan fingerprint density at radius 2 is 2.38 bits per heavy atom. The zero-order valence-corrected chi connectivity index (χ0v) is 14.7. The molecule has 4 nitrogen and oxygen atoms in total. The number of hydrogen-bond acceptors (Lipinski definition) is 3. The molecule has 0 amide bonds. The van der Waals surface area contributed by atoms with E-state index < -0.39 is 5.97 Å². The molecule has 2 atom stereocenters. The molecule has 0 spiro atoms. The van der Waals surface area contributed by atoms with Gasteiger partial charge in [0.05, 0.1) is 16.8 Å². The van der Waals surface area contributed by atoms with Gasteiger partial charge in [0.15, 0.2) is 5.16 Å². The largest absolute Gasteiger partial charge is 0.481 e. The maximum Gasteiger partial charge on any atom is 0.313 e. The first-order chi connectivity index (χ1) is 10.1.